The Hall–Kier alpha value is -1.07. The number of aliphatic hydroxyl groups excluding tert-OH is 5. The van der Waals surface area contributed by atoms with E-state index in [0.717, 1.165) is 38.5 Å². The molecule has 0 spiro atoms. The third kappa shape index (κ3) is 43.9. The van der Waals surface area contributed by atoms with Gasteiger partial charge in [-0.1, -0.05) is 309 Å². The second-order valence-electron chi connectivity index (χ2n) is 23.3. The van der Waals surface area contributed by atoms with Crippen LogP contribution in [-0.2, 0) is 14.3 Å². The highest BCUT2D eigenvalue weighted by Gasteiger charge is 2.44. The highest BCUT2D eigenvalue weighted by Crippen LogP contribution is 2.24. The molecule has 0 aromatic rings. The third-order valence-electron chi connectivity index (χ3n) is 16.1. The molecule has 6 N–H and O–H groups in total. The van der Waals surface area contributed by atoms with Gasteiger partial charge in [-0.2, -0.15) is 0 Å². The van der Waals surface area contributed by atoms with Crippen molar-refractivity contribution >= 4 is 5.91 Å². The maximum Gasteiger partial charge on any atom is 0.220 e. The number of hydrogen-bond acceptors (Lipinski definition) is 8. The second-order valence-corrected chi connectivity index (χ2v) is 23.3. The van der Waals surface area contributed by atoms with Crippen LogP contribution in [0.15, 0.2) is 12.2 Å². The summed E-state index contributed by atoms with van der Waals surface area (Å²) in [5, 5.41) is 54.8. The number of carbonyl (C=O) groups is 1. The van der Waals surface area contributed by atoms with Crippen LogP contribution in [0.1, 0.15) is 341 Å². The van der Waals surface area contributed by atoms with Crippen LogP contribution in [0.2, 0.25) is 0 Å². The fourth-order valence-electron chi connectivity index (χ4n) is 10.9. The first-order valence-electron chi connectivity index (χ1n) is 32.9. The number of ether oxygens (including phenoxy) is 2. The molecule has 0 aliphatic carbocycles. The molecule has 9 nitrogen and oxygen atoms in total. The molecule has 9 heteroatoms. The molecule has 0 saturated carbocycles. The van der Waals surface area contributed by atoms with Gasteiger partial charge in [0.05, 0.1) is 25.4 Å². The van der Waals surface area contributed by atoms with E-state index in [1.54, 1.807) is 0 Å². The van der Waals surface area contributed by atoms with Crippen LogP contribution in [0.25, 0.3) is 0 Å². The number of amides is 1. The van der Waals surface area contributed by atoms with Crippen LogP contribution in [0.3, 0.4) is 0 Å². The SMILES string of the molecule is CCCCCCCCCCCCCC/C=C\CCCCCCCCCCCCCCCCCCCC(=O)NC(COC1OC(CO)C(O)C(O)C1O)C(O)CCCCCCCCCCCCCCCCCCCC. The smallest absolute Gasteiger partial charge is 0.220 e. The van der Waals surface area contributed by atoms with Crippen LogP contribution >= 0.6 is 0 Å². The Morgan fingerprint density at radius 3 is 1.09 bits per heavy atom. The number of unbranched alkanes of at least 4 members (excludes halogenated alkanes) is 46. The Morgan fingerprint density at radius 1 is 0.446 bits per heavy atom. The lowest BCUT2D eigenvalue weighted by molar-refractivity contribution is -0.302. The van der Waals surface area contributed by atoms with E-state index < -0.39 is 49.5 Å². The lowest BCUT2D eigenvalue weighted by Crippen LogP contribution is -2.60. The molecule has 1 aliphatic heterocycles. The summed E-state index contributed by atoms with van der Waals surface area (Å²) in [4.78, 5) is 13.1. The average molecular weight is 1050 g/mol. The molecule has 0 aromatic carbocycles. The van der Waals surface area contributed by atoms with Crippen LogP contribution in [-0.4, -0.2) is 87.5 Å². The van der Waals surface area contributed by atoms with E-state index >= 15 is 0 Å². The van der Waals surface area contributed by atoms with Gasteiger partial charge in [0.25, 0.3) is 0 Å². The maximum absolute atomic E-state index is 13.1. The molecule has 1 saturated heterocycles. The van der Waals surface area contributed by atoms with Gasteiger partial charge in [0.1, 0.15) is 24.4 Å². The van der Waals surface area contributed by atoms with Crippen LogP contribution in [0.4, 0.5) is 0 Å². The van der Waals surface area contributed by atoms with E-state index in [-0.39, 0.29) is 12.5 Å². The molecule has 0 bridgehead atoms. The molecule has 440 valence electrons. The molecule has 7 unspecified atom stereocenters. The Bertz CT molecular complexity index is 1170. The van der Waals surface area contributed by atoms with Gasteiger partial charge in [-0.15, -0.1) is 0 Å². The predicted octanol–water partition coefficient (Wildman–Crippen LogP) is 17.1. The minimum atomic E-state index is -1.55. The van der Waals surface area contributed by atoms with Crippen molar-refractivity contribution in [2.24, 2.45) is 0 Å². The first-order valence-corrected chi connectivity index (χ1v) is 32.9. The minimum absolute atomic E-state index is 0.132. The number of allylic oxidation sites excluding steroid dienone is 2. The molecule has 1 rings (SSSR count). The second kappa shape index (κ2) is 55.3. The van der Waals surface area contributed by atoms with E-state index in [1.165, 1.54) is 276 Å². The van der Waals surface area contributed by atoms with Gasteiger partial charge in [0, 0.05) is 6.42 Å². The topological polar surface area (TPSA) is 149 Å². The zero-order valence-corrected chi connectivity index (χ0v) is 49.1. The lowest BCUT2D eigenvalue weighted by atomic mass is 9.99. The van der Waals surface area contributed by atoms with Gasteiger partial charge in [-0.05, 0) is 38.5 Å². The number of rotatable bonds is 58. The highest BCUT2D eigenvalue weighted by molar-refractivity contribution is 5.76. The van der Waals surface area contributed by atoms with Crippen molar-refractivity contribution in [3.8, 4) is 0 Å². The van der Waals surface area contributed by atoms with E-state index in [9.17, 15) is 30.3 Å². The molecule has 74 heavy (non-hydrogen) atoms. The fourth-order valence-corrected chi connectivity index (χ4v) is 10.9. The quantitative estimate of drug-likeness (QED) is 0.0261. The van der Waals surface area contributed by atoms with Gasteiger partial charge < -0.3 is 40.3 Å². The Balaban J connectivity index is 2.09. The molecular formula is C65H127NO8. The Labute approximate surface area is 458 Å². The number of hydrogen-bond donors (Lipinski definition) is 6. The average Bonchev–Trinajstić information content (AvgIpc) is 3.40. The summed E-state index contributed by atoms with van der Waals surface area (Å²) < 4.78 is 11.3. The monoisotopic (exact) mass is 1050 g/mol. The van der Waals surface area contributed by atoms with Crippen molar-refractivity contribution in [3.63, 3.8) is 0 Å². The van der Waals surface area contributed by atoms with E-state index in [1.807, 2.05) is 0 Å². The molecule has 0 aromatic heterocycles. The summed E-state index contributed by atoms with van der Waals surface area (Å²) in [7, 11) is 0. The van der Waals surface area contributed by atoms with Gasteiger partial charge in [-0.3, -0.25) is 4.79 Å². The maximum atomic E-state index is 13.1. The molecule has 1 amide bonds. The van der Waals surface area contributed by atoms with Gasteiger partial charge in [0.15, 0.2) is 6.29 Å². The molecule has 7 atom stereocenters. The summed E-state index contributed by atoms with van der Waals surface area (Å²) in [5.41, 5.74) is 0. The van der Waals surface area contributed by atoms with Crippen molar-refractivity contribution in [2.75, 3.05) is 13.2 Å². The van der Waals surface area contributed by atoms with Crippen molar-refractivity contribution in [2.45, 2.75) is 384 Å². The summed E-state index contributed by atoms with van der Waals surface area (Å²) in [6.07, 6.45) is 62.7. The van der Waals surface area contributed by atoms with Crippen LogP contribution < -0.4 is 5.32 Å². The summed E-state index contributed by atoms with van der Waals surface area (Å²) in [6, 6.07) is -0.716. The number of carbonyl (C=O) groups excluding carboxylic acids is 1. The fraction of sp³-hybridized carbons (Fsp3) is 0.954. The lowest BCUT2D eigenvalue weighted by Gasteiger charge is -2.40. The normalized spacial score (nSPS) is 18.9. The molecule has 1 fully saturated rings. The van der Waals surface area contributed by atoms with E-state index in [4.69, 9.17) is 9.47 Å². The van der Waals surface area contributed by atoms with E-state index in [2.05, 4.69) is 31.3 Å². The standard InChI is InChI=1S/C65H127NO8/c1-3-5-7-9-11-13-15-17-19-21-23-24-25-26-27-28-29-30-31-32-33-34-35-36-37-39-41-43-45-47-49-51-53-55-61(69)66-58(57-73-65-64(72)63(71)62(70)60(56-67)74-65)59(68)54-52-50-48-46-44-42-40-38-22-20-18-16-14-12-10-8-6-4-2/h26-27,58-60,62-65,67-68,70-72H,3-25,28-57H2,1-2H3,(H,66,69)/b27-26-. The van der Waals surface area contributed by atoms with Crippen molar-refractivity contribution in [1.82, 2.24) is 5.32 Å². The van der Waals surface area contributed by atoms with Gasteiger partial charge >= 0.3 is 0 Å². The molecule has 1 aliphatic rings. The molecular weight excluding hydrogens is 923 g/mol. The highest BCUT2D eigenvalue weighted by atomic mass is 16.7. The van der Waals surface area contributed by atoms with Crippen LogP contribution in [0.5, 0.6) is 0 Å². The van der Waals surface area contributed by atoms with Gasteiger partial charge in [-0.25, -0.2) is 0 Å². The predicted molar refractivity (Wildman–Crippen MR) is 314 cm³/mol. The summed E-state index contributed by atoms with van der Waals surface area (Å²) in [5.74, 6) is -0.136. The van der Waals surface area contributed by atoms with Gasteiger partial charge in [0.2, 0.25) is 5.91 Å². The van der Waals surface area contributed by atoms with Crippen molar-refractivity contribution < 1.29 is 39.8 Å². The van der Waals surface area contributed by atoms with Crippen molar-refractivity contribution in [3.05, 3.63) is 12.2 Å². The first-order chi connectivity index (χ1) is 36.3. The number of nitrogens with one attached hydrogen (secondary N) is 1. The zero-order chi connectivity index (χ0) is 53.6. The minimum Gasteiger partial charge on any atom is -0.394 e. The first kappa shape index (κ1) is 70.9. The number of aliphatic hydroxyl groups is 5. The van der Waals surface area contributed by atoms with Crippen LogP contribution in [0, 0.1) is 0 Å². The Kier molecular flexibility index (Phi) is 53.0. The molecule has 1 heterocycles. The summed E-state index contributed by atoms with van der Waals surface area (Å²) >= 11 is 0. The third-order valence-corrected chi connectivity index (χ3v) is 16.1. The molecule has 0 radical (unpaired) electrons. The largest absolute Gasteiger partial charge is 0.394 e. The van der Waals surface area contributed by atoms with E-state index in [0.29, 0.717) is 12.8 Å². The summed E-state index contributed by atoms with van der Waals surface area (Å²) in [6.45, 7) is 3.89. The Morgan fingerprint density at radius 2 is 0.757 bits per heavy atom. The zero-order valence-electron chi connectivity index (χ0n) is 49.1. The van der Waals surface area contributed by atoms with Crippen molar-refractivity contribution in [1.29, 1.82) is 0 Å².